The maximum absolute atomic E-state index is 12.4. The molecule has 0 atom stereocenters. The zero-order chi connectivity index (χ0) is 17.6. The fraction of sp³-hybridized carbons (Fsp3) is 0.111. The normalized spacial score (nSPS) is 10.3. The van der Waals surface area contributed by atoms with Gasteiger partial charge in [0, 0.05) is 23.3 Å². The van der Waals surface area contributed by atoms with Gasteiger partial charge in [-0.15, -0.1) is 11.3 Å². The third-order valence-electron chi connectivity index (χ3n) is 3.49. The van der Waals surface area contributed by atoms with Crippen molar-refractivity contribution in [1.29, 1.82) is 0 Å². The Kier molecular flexibility index (Phi) is 5.15. The minimum atomic E-state index is -0.542. The second-order valence-electron chi connectivity index (χ2n) is 5.10. The molecule has 1 N–H and O–H groups in total. The van der Waals surface area contributed by atoms with Gasteiger partial charge < -0.3 is 10.1 Å². The van der Waals surface area contributed by atoms with Crippen LogP contribution in [-0.4, -0.2) is 29.0 Å². The Morgan fingerprint density at radius 3 is 2.56 bits per heavy atom. The van der Waals surface area contributed by atoms with E-state index in [4.69, 9.17) is 4.74 Å². The first kappa shape index (κ1) is 16.8. The molecular formula is C18H15N3O3S. The monoisotopic (exact) mass is 353 g/mol. The van der Waals surface area contributed by atoms with Crippen LogP contribution in [0.15, 0.2) is 54.2 Å². The van der Waals surface area contributed by atoms with E-state index < -0.39 is 5.97 Å². The summed E-state index contributed by atoms with van der Waals surface area (Å²) in [5.41, 5.74) is 2.24. The molecule has 0 aliphatic heterocycles. The quantitative estimate of drug-likeness (QED) is 0.713. The van der Waals surface area contributed by atoms with E-state index in [9.17, 15) is 9.59 Å². The second-order valence-corrected chi connectivity index (χ2v) is 5.96. The van der Waals surface area contributed by atoms with Gasteiger partial charge >= 0.3 is 5.97 Å². The lowest BCUT2D eigenvalue weighted by Crippen LogP contribution is -2.25. The number of carbonyl (C=O) groups excluding carboxylic acids is 2. The van der Waals surface area contributed by atoms with Crippen molar-refractivity contribution in [3.05, 3.63) is 71.0 Å². The summed E-state index contributed by atoms with van der Waals surface area (Å²) in [5, 5.41) is 5.54. The van der Waals surface area contributed by atoms with E-state index >= 15 is 0 Å². The molecule has 0 aliphatic carbocycles. The molecule has 3 rings (SSSR count). The van der Waals surface area contributed by atoms with Gasteiger partial charge in [0.2, 0.25) is 0 Å². The maximum atomic E-state index is 12.4. The number of amides is 1. The Bertz CT molecular complexity index is 893. The molecule has 0 spiro atoms. The zero-order valence-electron chi connectivity index (χ0n) is 13.4. The molecule has 2 aromatic heterocycles. The summed E-state index contributed by atoms with van der Waals surface area (Å²) in [6, 6.07) is 10.3. The van der Waals surface area contributed by atoms with Gasteiger partial charge in [0.1, 0.15) is 5.01 Å². The van der Waals surface area contributed by atoms with Gasteiger partial charge in [0.25, 0.3) is 5.91 Å². The molecule has 2 heterocycles. The molecule has 0 radical (unpaired) electrons. The van der Waals surface area contributed by atoms with Crippen molar-refractivity contribution >= 4 is 23.2 Å². The average molecular weight is 353 g/mol. The molecule has 1 amide bonds. The van der Waals surface area contributed by atoms with Gasteiger partial charge in [0.15, 0.2) is 0 Å². The Morgan fingerprint density at radius 1 is 1.12 bits per heavy atom. The van der Waals surface area contributed by atoms with Crippen molar-refractivity contribution in [1.82, 2.24) is 15.3 Å². The van der Waals surface area contributed by atoms with E-state index in [2.05, 4.69) is 15.3 Å². The van der Waals surface area contributed by atoms with Crippen molar-refractivity contribution in [3.63, 3.8) is 0 Å². The largest absolute Gasteiger partial charge is 0.465 e. The second kappa shape index (κ2) is 7.67. The predicted octanol–water partition coefficient (Wildman–Crippen LogP) is 2.92. The molecule has 3 aromatic rings. The first-order valence-corrected chi connectivity index (χ1v) is 8.37. The van der Waals surface area contributed by atoms with Gasteiger partial charge in [-0.2, -0.15) is 0 Å². The number of methoxy groups -OCH3 is 1. The van der Waals surface area contributed by atoms with Crippen LogP contribution < -0.4 is 5.32 Å². The van der Waals surface area contributed by atoms with Crippen molar-refractivity contribution in [3.8, 4) is 10.6 Å². The van der Waals surface area contributed by atoms with E-state index in [-0.39, 0.29) is 23.6 Å². The lowest BCUT2D eigenvalue weighted by molar-refractivity contribution is 0.0596. The molecule has 1 aromatic carbocycles. The smallest absolute Gasteiger partial charge is 0.338 e. The number of ether oxygens (including phenoxy) is 1. The number of benzene rings is 1. The summed E-state index contributed by atoms with van der Waals surface area (Å²) < 4.78 is 4.71. The first-order valence-electron chi connectivity index (χ1n) is 7.49. The number of rotatable bonds is 5. The SMILES string of the molecule is COC(=O)c1ccccc1C(=O)NCc1csc(-c2ccncc2)n1. The van der Waals surface area contributed by atoms with Crippen LogP contribution in [0.1, 0.15) is 26.4 Å². The van der Waals surface area contributed by atoms with Gasteiger partial charge in [0.05, 0.1) is 30.5 Å². The van der Waals surface area contributed by atoms with Crippen LogP contribution in [0.25, 0.3) is 10.6 Å². The number of nitrogens with zero attached hydrogens (tertiary/aromatic N) is 2. The highest BCUT2D eigenvalue weighted by Gasteiger charge is 2.17. The van der Waals surface area contributed by atoms with Gasteiger partial charge in [-0.25, -0.2) is 9.78 Å². The van der Waals surface area contributed by atoms with E-state index in [1.807, 2.05) is 17.5 Å². The number of hydrogen-bond donors (Lipinski definition) is 1. The highest BCUT2D eigenvalue weighted by Crippen LogP contribution is 2.22. The molecule has 0 bridgehead atoms. The number of hydrogen-bond acceptors (Lipinski definition) is 6. The van der Waals surface area contributed by atoms with Crippen LogP contribution in [0.4, 0.5) is 0 Å². The van der Waals surface area contributed by atoms with Crippen LogP contribution in [0.3, 0.4) is 0 Å². The Morgan fingerprint density at radius 2 is 1.84 bits per heavy atom. The molecule has 7 heteroatoms. The Hall–Kier alpha value is -3.06. The molecule has 0 fully saturated rings. The predicted molar refractivity (Wildman–Crippen MR) is 94.3 cm³/mol. The summed E-state index contributed by atoms with van der Waals surface area (Å²) in [7, 11) is 1.28. The number of carbonyl (C=O) groups is 2. The third kappa shape index (κ3) is 3.89. The van der Waals surface area contributed by atoms with E-state index in [1.54, 1.807) is 36.7 Å². The van der Waals surface area contributed by atoms with Crippen LogP contribution in [0.5, 0.6) is 0 Å². The number of thiazole rings is 1. The summed E-state index contributed by atoms with van der Waals surface area (Å²) in [6.07, 6.45) is 3.42. The number of aromatic nitrogens is 2. The highest BCUT2D eigenvalue weighted by molar-refractivity contribution is 7.13. The van der Waals surface area contributed by atoms with Gasteiger partial charge in [-0.3, -0.25) is 9.78 Å². The van der Waals surface area contributed by atoms with E-state index in [0.29, 0.717) is 0 Å². The minimum absolute atomic E-state index is 0.234. The van der Waals surface area contributed by atoms with Crippen molar-refractivity contribution in [2.24, 2.45) is 0 Å². The minimum Gasteiger partial charge on any atom is -0.465 e. The molecule has 6 nitrogen and oxygen atoms in total. The summed E-state index contributed by atoms with van der Waals surface area (Å²) in [6.45, 7) is 0.274. The number of esters is 1. The van der Waals surface area contributed by atoms with Crippen molar-refractivity contribution < 1.29 is 14.3 Å². The molecular weight excluding hydrogens is 338 g/mol. The summed E-state index contributed by atoms with van der Waals surface area (Å²) in [4.78, 5) is 32.6. The fourth-order valence-electron chi connectivity index (χ4n) is 2.25. The average Bonchev–Trinajstić information content (AvgIpc) is 3.15. The van der Waals surface area contributed by atoms with E-state index in [0.717, 1.165) is 16.3 Å². The summed E-state index contributed by atoms with van der Waals surface area (Å²) >= 11 is 1.50. The number of nitrogens with one attached hydrogen (secondary N) is 1. The topological polar surface area (TPSA) is 81.2 Å². The lowest BCUT2D eigenvalue weighted by Gasteiger charge is -2.07. The molecule has 25 heavy (non-hydrogen) atoms. The molecule has 0 unspecified atom stereocenters. The first-order chi connectivity index (χ1) is 12.2. The van der Waals surface area contributed by atoms with Crippen molar-refractivity contribution in [2.45, 2.75) is 6.54 Å². The fourth-order valence-corrected chi connectivity index (χ4v) is 3.08. The van der Waals surface area contributed by atoms with E-state index in [1.165, 1.54) is 18.4 Å². The molecule has 0 saturated heterocycles. The highest BCUT2D eigenvalue weighted by atomic mass is 32.1. The summed E-state index contributed by atoms with van der Waals surface area (Å²) in [5.74, 6) is -0.890. The number of pyridine rings is 1. The van der Waals surface area contributed by atoms with Gasteiger partial charge in [-0.1, -0.05) is 12.1 Å². The Labute approximate surface area is 148 Å². The maximum Gasteiger partial charge on any atom is 0.338 e. The lowest BCUT2D eigenvalue weighted by atomic mass is 10.1. The van der Waals surface area contributed by atoms with Crippen molar-refractivity contribution in [2.75, 3.05) is 7.11 Å². The van der Waals surface area contributed by atoms with Gasteiger partial charge in [-0.05, 0) is 24.3 Å². The standard InChI is InChI=1S/C18H15N3O3S/c1-24-18(23)15-5-3-2-4-14(15)16(22)20-10-13-11-25-17(21-13)12-6-8-19-9-7-12/h2-9,11H,10H2,1H3,(H,20,22). The third-order valence-corrected chi connectivity index (χ3v) is 4.43. The Balaban J connectivity index is 1.70. The van der Waals surface area contributed by atoms with Crippen LogP contribution in [0, 0.1) is 0 Å². The van der Waals surface area contributed by atoms with Crippen LogP contribution in [0.2, 0.25) is 0 Å². The zero-order valence-corrected chi connectivity index (χ0v) is 14.2. The molecule has 126 valence electrons. The molecule has 0 saturated carbocycles. The molecule has 0 aliphatic rings. The van der Waals surface area contributed by atoms with Crippen LogP contribution >= 0.6 is 11.3 Å². The van der Waals surface area contributed by atoms with Crippen LogP contribution in [-0.2, 0) is 11.3 Å².